The lowest BCUT2D eigenvalue weighted by atomic mass is 9.45. The van der Waals surface area contributed by atoms with Crippen LogP contribution in [0.4, 0.5) is 0 Å². The summed E-state index contributed by atoms with van der Waals surface area (Å²) in [4.78, 5) is 12.9. The molecular formula is C21H30O4. The number of allylic oxidation sites excluding steroid dienone is 1. The van der Waals surface area contributed by atoms with E-state index in [2.05, 4.69) is 13.0 Å². The van der Waals surface area contributed by atoms with Gasteiger partial charge in [0.2, 0.25) is 0 Å². The van der Waals surface area contributed by atoms with Crippen molar-refractivity contribution in [3.05, 3.63) is 11.6 Å². The molecule has 0 aromatic carbocycles. The highest BCUT2D eigenvalue weighted by molar-refractivity contribution is 5.82. The van der Waals surface area contributed by atoms with Gasteiger partial charge in [0, 0.05) is 5.92 Å². The predicted molar refractivity (Wildman–Crippen MR) is 92.5 cm³/mol. The molecule has 2 N–H and O–H groups in total. The van der Waals surface area contributed by atoms with E-state index in [1.165, 1.54) is 5.57 Å². The molecule has 0 aromatic rings. The fourth-order valence-corrected chi connectivity index (χ4v) is 7.77. The standard InChI is InChI=1S/C21H30O4/c1-12-15-7-10-21(24)17-4-3-13-11-14(22)5-8-19(13,2)16(17)6-9-20(15,21)18(23)25-12/h3,12,14-17,22,24H,4-11H2,1-2H3/t12-,14-,15+,16-,17+,19-,20+,21-/m0/s1. The van der Waals surface area contributed by atoms with Gasteiger partial charge in [0.25, 0.3) is 0 Å². The van der Waals surface area contributed by atoms with Crippen LogP contribution in [0, 0.1) is 28.6 Å². The highest BCUT2D eigenvalue weighted by Crippen LogP contribution is 2.70. The highest BCUT2D eigenvalue weighted by atomic mass is 16.6. The largest absolute Gasteiger partial charge is 0.462 e. The zero-order valence-corrected chi connectivity index (χ0v) is 15.3. The Balaban J connectivity index is 1.58. The first-order valence-electron chi connectivity index (χ1n) is 10.1. The summed E-state index contributed by atoms with van der Waals surface area (Å²) in [6, 6.07) is 0. The Kier molecular flexibility index (Phi) is 3.19. The Hall–Kier alpha value is -0.870. The van der Waals surface area contributed by atoms with Crippen LogP contribution in [0.2, 0.25) is 0 Å². The van der Waals surface area contributed by atoms with Gasteiger partial charge in [0.1, 0.15) is 11.5 Å². The fourth-order valence-electron chi connectivity index (χ4n) is 7.77. The number of carbonyl (C=O) groups excluding carboxylic acids is 1. The number of rotatable bonds is 0. The van der Waals surface area contributed by atoms with Gasteiger partial charge in [0.15, 0.2) is 0 Å². The van der Waals surface area contributed by atoms with Crippen LogP contribution in [0.5, 0.6) is 0 Å². The molecule has 4 aliphatic carbocycles. The maximum Gasteiger partial charge on any atom is 0.315 e. The number of cyclic esters (lactones) is 1. The van der Waals surface area contributed by atoms with Gasteiger partial charge in [-0.05, 0) is 75.5 Å². The van der Waals surface area contributed by atoms with Crippen molar-refractivity contribution in [1.82, 2.24) is 0 Å². The van der Waals surface area contributed by atoms with E-state index in [9.17, 15) is 15.0 Å². The lowest BCUT2D eigenvalue weighted by Gasteiger charge is -2.59. The SMILES string of the molecule is C[C@@H]1OC(=O)[C@]23CC[C@H]4[C@@H](CC=C5C[C@@H](O)CC[C@@]54C)[C@@]2(O)CC[C@H]13. The molecule has 0 unspecified atom stereocenters. The molecule has 1 spiro atoms. The average Bonchev–Trinajstić information content (AvgIpc) is 3.01. The van der Waals surface area contributed by atoms with E-state index in [0.29, 0.717) is 5.92 Å². The van der Waals surface area contributed by atoms with Crippen LogP contribution in [0.1, 0.15) is 65.2 Å². The lowest BCUT2D eigenvalue weighted by Crippen LogP contribution is -2.62. The van der Waals surface area contributed by atoms with E-state index in [4.69, 9.17) is 4.74 Å². The van der Waals surface area contributed by atoms with Gasteiger partial charge in [-0.15, -0.1) is 0 Å². The Morgan fingerprint density at radius 2 is 1.88 bits per heavy atom. The zero-order valence-electron chi connectivity index (χ0n) is 15.3. The van der Waals surface area contributed by atoms with Crippen molar-refractivity contribution in [2.75, 3.05) is 0 Å². The maximum atomic E-state index is 12.9. The molecule has 4 heteroatoms. The number of hydrogen-bond donors (Lipinski definition) is 2. The van der Waals surface area contributed by atoms with E-state index in [-0.39, 0.29) is 35.4 Å². The molecule has 1 saturated heterocycles. The minimum atomic E-state index is -0.913. The first kappa shape index (κ1) is 16.3. The fraction of sp³-hybridized carbons (Fsp3) is 0.857. The summed E-state index contributed by atoms with van der Waals surface area (Å²) in [5.74, 6) is 0.603. The molecule has 5 aliphatic rings. The number of esters is 1. The van der Waals surface area contributed by atoms with Gasteiger partial charge in [0.05, 0.1) is 11.7 Å². The number of aliphatic hydroxyl groups excluding tert-OH is 1. The number of aliphatic hydroxyl groups is 2. The molecule has 138 valence electrons. The lowest BCUT2D eigenvalue weighted by molar-refractivity contribution is -0.193. The molecule has 8 atom stereocenters. The number of ether oxygens (including phenoxy) is 1. The van der Waals surface area contributed by atoms with Crippen LogP contribution >= 0.6 is 0 Å². The Labute approximate surface area is 149 Å². The molecule has 4 fully saturated rings. The number of hydrogen-bond acceptors (Lipinski definition) is 4. The molecule has 3 saturated carbocycles. The second kappa shape index (κ2) is 4.89. The Morgan fingerprint density at radius 1 is 1.12 bits per heavy atom. The number of fused-ring (bicyclic) bond motifs is 4. The summed E-state index contributed by atoms with van der Waals surface area (Å²) in [6.45, 7) is 4.34. The predicted octanol–water partition coefficient (Wildman–Crippen LogP) is 2.97. The minimum Gasteiger partial charge on any atom is -0.462 e. The summed E-state index contributed by atoms with van der Waals surface area (Å²) in [5.41, 5.74) is -0.109. The Bertz CT molecular complexity index is 656. The van der Waals surface area contributed by atoms with E-state index >= 15 is 0 Å². The normalized spacial score (nSPS) is 57.0. The summed E-state index contributed by atoms with van der Waals surface area (Å²) < 4.78 is 5.63. The third-order valence-electron chi connectivity index (χ3n) is 9.04. The third-order valence-corrected chi connectivity index (χ3v) is 9.04. The summed E-state index contributed by atoms with van der Waals surface area (Å²) in [7, 11) is 0. The third kappa shape index (κ3) is 1.74. The number of carbonyl (C=O) groups is 1. The van der Waals surface area contributed by atoms with Crippen molar-refractivity contribution in [3.63, 3.8) is 0 Å². The van der Waals surface area contributed by atoms with Gasteiger partial charge < -0.3 is 14.9 Å². The van der Waals surface area contributed by atoms with E-state index in [1.807, 2.05) is 6.92 Å². The van der Waals surface area contributed by atoms with Gasteiger partial charge >= 0.3 is 5.97 Å². The summed E-state index contributed by atoms with van der Waals surface area (Å²) in [6.07, 6.45) is 8.88. The summed E-state index contributed by atoms with van der Waals surface area (Å²) >= 11 is 0. The van der Waals surface area contributed by atoms with Crippen LogP contribution in [0.15, 0.2) is 11.6 Å². The van der Waals surface area contributed by atoms with Crippen molar-refractivity contribution in [2.24, 2.45) is 28.6 Å². The molecule has 0 aromatic heterocycles. The van der Waals surface area contributed by atoms with Crippen LogP contribution in [-0.4, -0.2) is 34.0 Å². The quantitative estimate of drug-likeness (QED) is 0.523. The average molecular weight is 346 g/mol. The van der Waals surface area contributed by atoms with Crippen LogP contribution < -0.4 is 0 Å². The Morgan fingerprint density at radius 3 is 2.68 bits per heavy atom. The second-order valence-corrected chi connectivity index (χ2v) is 9.68. The molecule has 1 heterocycles. The van der Waals surface area contributed by atoms with Crippen molar-refractivity contribution in [3.8, 4) is 0 Å². The van der Waals surface area contributed by atoms with E-state index in [0.717, 1.165) is 51.4 Å². The smallest absolute Gasteiger partial charge is 0.315 e. The van der Waals surface area contributed by atoms with Crippen molar-refractivity contribution >= 4 is 5.97 Å². The van der Waals surface area contributed by atoms with E-state index in [1.54, 1.807) is 0 Å². The first-order chi connectivity index (χ1) is 11.8. The molecule has 25 heavy (non-hydrogen) atoms. The minimum absolute atomic E-state index is 0.0619. The van der Waals surface area contributed by atoms with Crippen molar-refractivity contribution < 1.29 is 19.7 Å². The molecule has 0 radical (unpaired) electrons. The molecule has 0 amide bonds. The topological polar surface area (TPSA) is 66.8 Å². The van der Waals surface area contributed by atoms with Gasteiger partial charge in [-0.25, -0.2) is 0 Å². The summed E-state index contributed by atoms with van der Waals surface area (Å²) in [5, 5.41) is 22.0. The van der Waals surface area contributed by atoms with Crippen molar-refractivity contribution in [1.29, 1.82) is 0 Å². The van der Waals surface area contributed by atoms with Gasteiger partial charge in [-0.3, -0.25) is 4.79 Å². The first-order valence-corrected chi connectivity index (χ1v) is 10.1. The van der Waals surface area contributed by atoms with E-state index < -0.39 is 11.0 Å². The highest BCUT2D eigenvalue weighted by Gasteiger charge is 2.75. The molecule has 1 aliphatic heterocycles. The van der Waals surface area contributed by atoms with Crippen LogP contribution in [0.25, 0.3) is 0 Å². The molecule has 0 bridgehead atoms. The van der Waals surface area contributed by atoms with Gasteiger partial charge in [-0.2, -0.15) is 0 Å². The maximum absolute atomic E-state index is 12.9. The second-order valence-electron chi connectivity index (χ2n) is 9.68. The molecular weight excluding hydrogens is 316 g/mol. The monoisotopic (exact) mass is 346 g/mol. The molecule has 4 nitrogen and oxygen atoms in total. The van der Waals surface area contributed by atoms with Crippen LogP contribution in [-0.2, 0) is 9.53 Å². The van der Waals surface area contributed by atoms with Crippen LogP contribution in [0.3, 0.4) is 0 Å². The van der Waals surface area contributed by atoms with Crippen molar-refractivity contribution in [2.45, 2.75) is 83.0 Å². The zero-order chi connectivity index (χ0) is 17.6. The molecule has 5 rings (SSSR count). The van der Waals surface area contributed by atoms with Gasteiger partial charge in [-0.1, -0.05) is 18.6 Å².